The summed E-state index contributed by atoms with van der Waals surface area (Å²) in [5.41, 5.74) is 1.64. The van der Waals surface area contributed by atoms with E-state index in [9.17, 15) is 10.4 Å². The zero-order valence-electron chi connectivity index (χ0n) is 12.5. The van der Waals surface area contributed by atoms with Gasteiger partial charge >= 0.3 is 0 Å². The molecule has 0 aliphatic carbocycles. The molecule has 4 nitrogen and oxygen atoms in total. The van der Waals surface area contributed by atoms with Gasteiger partial charge in [-0.1, -0.05) is 17.7 Å². The average molecular weight is 321 g/mol. The van der Waals surface area contributed by atoms with Gasteiger partial charge in [0.25, 0.3) is 0 Å². The lowest BCUT2D eigenvalue weighted by atomic mass is 9.89. The summed E-state index contributed by atoms with van der Waals surface area (Å²) in [5.74, 6) is 0.175. The van der Waals surface area contributed by atoms with E-state index in [2.05, 4.69) is 11.0 Å². The van der Waals surface area contributed by atoms with Crippen molar-refractivity contribution in [1.82, 2.24) is 4.90 Å². The van der Waals surface area contributed by atoms with Crippen LogP contribution in [0.5, 0.6) is 0 Å². The Labute approximate surface area is 136 Å². The first kappa shape index (κ1) is 15.8. The Morgan fingerprint density at radius 2 is 2.27 bits per heavy atom. The third kappa shape index (κ3) is 3.28. The van der Waals surface area contributed by atoms with Crippen LogP contribution in [0.1, 0.15) is 30.4 Å². The molecule has 2 aliphatic heterocycles. The van der Waals surface area contributed by atoms with E-state index in [1.165, 1.54) is 0 Å². The van der Waals surface area contributed by atoms with E-state index in [-0.39, 0.29) is 12.0 Å². The molecule has 0 spiro atoms. The summed E-state index contributed by atoms with van der Waals surface area (Å²) < 4.78 is 5.57. The number of rotatable bonds is 3. The van der Waals surface area contributed by atoms with Crippen molar-refractivity contribution in [2.75, 3.05) is 19.8 Å². The molecule has 0 radical (unpaired) electrons. The van der Waals surface area contributed by atoms with Gasteiger partial charge < -0.3 is 9.84 Å². The standard InChI is InChI=1S/C17H21ClN2O2/c18-14-4-3-12(13(8-14)9-19)10-20-6-1-2-16(20)15-11-22-7-5-17(15)21/h3-4,8,15-17,21H,1-2,5-7,10-11H2/t15-,16+,17+/m0/s1. The Hall–Kier alpha value is -1.12. The molecule has 0 saturated carbocycles. The van der Waals surface area contributed by atoms with E-state index >= 15 is 0 Å². The van der Waals surface area contributed by atoms with Crippen molar-refractivity contribution in [3.63, 3.8) is 0 Å². The van der Waals surface area contributed by atoms with Gasteiger partial charge in [0, 0.05) is 30.1 Å². The monoisotopic (exact) mass is 320 g/mol. The fourth-order valence-electron chi connectivity index (χ4n) is 3.66. The highest BCUT2D eigenvalue weighted by atomic mass is 35.5. The summed E-state index contributed by atoms with van der Waals surface area (Å²) in [5, 5.41) is 20.2. The van der Waals surface area contributed by atoms with Crippen LogP contribution in [0, 0.1) is 17.2 Å². The number of ether oxygens (including phenoxy) is 1. The number of aliphatic hydroxyl groups is 1. The smallest absolute Gasteiger partial charge is 0.0995 e. The van der Waals surface area contributed by atoms with Crippen LogP contribution in [0.4, 0.5) is 0 Å². The number of aliphatic hydroxyl groups excluding tert-OH is 1. The van der Waals surface area contributed by atoms with Crippen LogP contribution in [0.25, 0.3) is 0 Å². The highest BCUT2D eigenvalue weighted by Crippen LogP contribution is 2.31. The third-order valence-corrected chi connectivity index (χ3v) is 5.07. The number of nitriles is 1. The fourth-order valence-corrected chi connectivity index (χ4v) is 3.83. The average Bonchev–Trinajstić information content (AvgIpc) is 2.97. The Balaban J connectivity index is 1.75. The lowest BCUT2D eigenvalue weighted by Gasteiger charge is -2.37. The summed E-state index contributed by atoms with van der Waals surface area (Å²) in [6.07, 6.45) is 2.66. The minimum atomic E-state index is -0.278. The van der Waals surface area contributed by atoms with Gasteiger partial charge in [-0.2, -0.15) is 5.26 Å². The first-order chi connectivity index (χ1) is 10.7. The zero-order chi connectivity index (χ0) is 15.5. The van der Waals surface area contributed by atoms with Gasteiger partial charge in [0.2, 0.25) is 0 Å². The number of likely N-dealkylation sites (tertiary alicyclic amines) is 1. The maximum Gasteiger partial charge on any atom is 0.0995 e. The number of hydrogen-bond acceptors (Lipinski definition) is 4. The van der Waals surface area contributed by atoms with Crippen LogP contribution in [0.3, 0.4) is 0 Å². The summed E-state index contributed by atoms with van der Waals surface area (Å²) in [6.45, 7) is 3.02. The number of benzene rings is 1. The van der Waals surface area contributed by atoms with Gasteiger partial charge in [0.05, 0.1) is 24.3 Å². The van der Waals surface area contributed by atoms with Crippen LogP contribution >= 0.6 is 11.6 Å². The van der Waals surface area contributed by atoms with E-state index in [1.54, 1.807) is 6.07 Å². The molecule has 2 saturated heterocycles. The Kier molecular flexibility index (Phi) is 5.00. The molecule has 5 heteroatoms. The summed E-state index contributed by atoms with van der Waals surface area (Å²) >= 11 is 5.97. The minimum absolute atomic E-state index is 0.175. The molecule has 1 aromatic carbocycles. The van der Waals surface area contributed by atoms with Gasteiger partial charge in [0.15, 0.2) is 0 Å². The predicted molar refractivity (Wildman–Crippen MR) is 84.5 cm³/mol. The van der Waals surface area contributed by atoms with Crippen LogP contribution in [0.15, 0.2) is 18.2 Å². The van der Waals surface area contributed by atoms with Crippen molar-refractivity contribution in [2.45, 2.75) is 38.0 Å². The van der Waals surface area contributed by atoms with Gasteiger partial charge in [-0.05, 0) is 43.5 Å². The molecule has 0 amide bonds. The molecule has 3 atom stereocenters. The van der Waals surface area contributed by atoms with E-state index in [0.717, 1.165) is 37.9 Å². The molecule has 1 N–H and O–H groups in total. The zero-order valence-corrected chi connectivity index (χ0v) is 13.3. The molecule has 118 valence electrons. The van der Waals surface area contributed by atoms with Crippen LogP contribution in [0.2, 0.25) is 5.02 Å². The largest absolute Gasteiger partial charge is 0.393 e. The van der Waals surface area contributed by atoms with E-state index < -0.39 is 0 Å². The Morgan fingerprint density at radius 3 is 3.05 bits per heavy atom. The van der Waals surface area contributed by atoms with Gasteiger partial charge in [0.1, 0.15) is 0 Å². The first-order valence-electron chi connectivity index (χ1n) is 7.87. The van der Waals surface area contributed by atoms with Gasteiger partial charge in [-0.3, -0.25) is 4.90 Å². The number of nitrogens with zero attached hydrogens (tertiary/aromatic N) is 2. The van der Waals surface area contributed by atoms with Crippen molar-refractivity contribution >= 4 is 11.6 Å². The molecule has 0 aromatic heterocycles. The number of halogens is 1. The highest BCUT2D eigenvalue weighted by Gasteiger charge is 2.37. The fraction of sp³-hybridized carbons (Fsp3) is 0.588. The van der Waals surface area contributed by atoms with E-state index in [0.29, 0.717) is 29.8 Å². The molecule has 0 unspecified atom stereocenters. The van der Waals surface area contributed by atoms with Crippen molar-refractivity contribution in [3.8, 4) is 6.07 Å². The van der Waals surface area contributed by atoms with Crippen LogP contribution in [-0.2, 0) is 11.3 Å². The molecular formula is C17H21ClN2O2. The van der Waals surface area contributed by atoms with Gasteiger partial charge in [-0.15, -0.1) is 0 Å². The predicted octanol–water partition coefficient (Wildman–Crippen LogP) is 2.57. The topological polar surface area (TPSA) is 56.5 Å². The molecule has 2 aliphatic rings. The Morgan fingerprint density at radius 1 is 1.41 bits per heavy atom. The van der Waals surface area contributed by atoms with Crippen molar-refractivity contribution in [2.24, 2.45) is 5.92 Å². The second-order valence-corrected chi connectivity index (χ2v) is 6.62. The second kappa shape index (κ2) is 6.97. The molecule has 3 rings (SSSR count). The summed E-state index contributed by atoms with van der Waals surface area (Å²) in [4.78, 5) is 2.38. The quantitative estimate of drug-likeness (QED) is 0.930. The van der Waals surface area contributed by atoms with E-state index in [1.807, 2.05) is 12.1 Å². The molecule has 22 heavy (non-hydrogen) atoms. The van der Waals surface area contributed by atoms with Crippen molar-refractivity contribution in [1.29, 1.82) is 5.26 Å². The van der Waals surface area contributed by atoms with Gasteiger partial charge in [-0.25, -0.2) is 0 Å². The van der Waals surface area contributed by atoms with Crippen molar-refractivity contribution in [3.05, 3.63) is 34.3 Å². The maximum absolute atomic E-state index is 10.3. The minimum Gasteiger partial charge on any atom is -0.393 e. The Bertz CT molecular complexity index is 572. The van der Waals surface area contributed by atoms with Crippen LogP contribution in [-0.4, -0.2) is 41.9 Å². The summed E-state index contributed by atoms with van der Waals surface area (Å²) in [7, 11) is 0. The third-order valence-electron chi connectivity index (χ3n) is 4.84. The SMILES string of the molecule is N#Cc1cc(Cl)ccc1CN1CCC[C@@H]1[C@@H]1COCC[C@H]1O. The highest BCUT2D eigenvalue weighted by molar-refractivity contribution is 6.30. The second-order valence-electron chi connectivity index (χ2n) is 6.19. The summed E-state index contributed by atoms with van der Waals surface area (Å²) in [6, 6.07) is 8.05. The molecular weight excluding hydrogens is 300 g/mol. The molecule has 0 bridgehead atoms. The number of hydrogen-bond donors (Lipinski definition) is 1. The molecule has 2 fully saturated rings. The first-order valence-corrected chi connectivity index (χ1v) is 8.25. The van der Waals surface area contributed by atoms with E-state index in [4.69, 9.17) is 16.3 Å². The van der Waals surface area contributed by atoms with Crippen molar-refractivity contribution < 1.29 is 9.84 Å². The van der Waals surface area contributed by atoms with Crippen LogP contribution < -0.4 is 0 Å². The lowest BCUT2D eigenvalue weighted by molar-refractivity contribution is -0.0636. The lowest BCUT2D eigenvalue weighted by Crippen LogP contribution is -2.45. The maximum atomic E-state index is 10.3. The molecule has 2 heterocycles. The molecule has 1 aromatic rings. The normalized spacial score (nSPS) is 29.4.